The molecule has 0 atom stereocenters. The van der Waals surface area contributed by atoms with E-state index in [1.54, 1.807) is 0 Å². The number of unbranched alkanes of at least 4 members (excludes halogenated alkanes) is 1. The highest BCUT2D eigenvalue weighted by Gasteiger charge is 2.08. The van der Waals surface area contributed by atoms with Crippen molar-refractivity contribution in [1.82, 2.24) is 14.8 Å². The van der Waals surface area contributed by atoms with Crippen molar-refractivity contribution in [3.63, 3.8) is 0 Å². The first kappa shape index (κ1) is 12.7. The highest BCUT2D eigenvalue weighted by Crippen LogP contribution is 2.15. The molecule has 3 nitrogen and oxygen atoms in total. The summed E-state index contributed by atoms with van der Waals surface area (Å²) >= 11 is 0. The Morgan fingerprint density at radius 2 is 1.74 bits per heavy atom. The maximum atomic E-state index is 3.40. The summed E-state index contributed by atoms with van der Waals surface area (Å²) in [5, 5.41) is 4.75. The first-order valence-electron chi connectivity index (χ1n) is 7.40. The van der Waals surface area contributed by atoms with Gasteiger partial charge < -0.3 is 14.8 Å². The quantitative estimate of drug-likeness (QED) is 0.830. The number of aryl methyl sites for hydroxylation is 1. The lowest BCUT2D eigenvalue weighted by Crippen LogP contribution is -2.43. The minimum absolute atomic E-state index is 1.14. The monoisotopic (exact) mass is 257 g/mol. The molecule has 3 heteroatoms. The molecule has 0 radical (unpaired) electrons. The second-order valence-corrected chi connectivity index (χ2v) is 5.37. The highest BCUT2D eigenvalue weighted by molar-refractivity contribution is 5.79. The predicted molar refractivity (Wildman–Crippen MR) is 80.5 cm³/mol. The van der Waals surface area contributed by atoms with Crippen LogP contribution in [0.25, 0.3) is 10.9 Å². The standard InChI is InChI=1S/C16H23N3/c1-2-6-16-15(5-1)7-12-19(16)11-4-3-10-18-13-8-17-9-14-18/h1-2,5-7,12,17H,3-4,8-11,13-14H2. The lowest BCUT2D eigenvalue weighted by atomic mass is 10.2. The normalized spacial score (nSPS) is 17.1. The van der Waals surface area contributed by atoms with Gasteiger partial charge in [-0.25, -0.2) is 0 Å². The number of hydrogen-bond acceptors (Lipinski definition) is 2. The van der Waals surface area contributed by atoms with Crippen LogP contribution in [0.3, 0.4) is 0 Å². The van der Waals surface area contributed by atoms with Crippen molar-refractivity contribution in [1.29, 1.82) is 0 Å². The Kier molecular flexibility index (Phi) is 4.16. The van der Waals surface area contributed by atoms with E-state index in [2.05, 4.69) is 51.3 Å². The molecule has 0 amide bonds. The summed E-state index contributed by atoms with van der Waals surface area (Å²) in [6, 6.07) is 10.8. The van der Waals surface area contributed by atoms with Crippen molar-refractivity contribution in [3.05, 3.63) is 36.5 Å². The number of rotatable bonds is 5. The fraction of sp³-hybridized carbons (Fsp3) is 0.500. The summed E-state index contributed by atoms with van der Waals surface area (Å²) in [5.74, 6) is 0. The van der Waals surface area contributed by atoms with Crippen LogP contribution >= 0.6 is 0 Å². The van der Waals surface area contributed by atoms with Crippen LogP contribution in [0.4, 0.5) is 0 Å². The van der Waals surface area contributed by atoms with Gasteiger partial charge in [0.05, 0.1) is 0 Å². The van der Waals surface area contributed by atoms with Gasteiger partial charge in [0.1, 0.15) is 0 Å². The van der Waals surface area contributed by atoms with Crippen molar-refractivity contribution in [2.24, 2.45) is 0 Å². The molecule has 1 fully saturated rings. The molecule has 2 aromatic rings. The van der Waals surface area contributed by atoms with Crippen LogP contribution in [0.2, 0.25) is 0 Å². The first-order chi connectivity index (χ1) is 9.43. The minimum atomic E-state index is 1.14. The Hall–Kier alpha value is -1.32. The number of piperazine rings is 1. The molecule has 0 unspecified atom stereocenters. The SMILES string of the molecule is c1ccc2c(c1)ccn2CCCCN1CCNCC1. The van der Waals surface area contributed by atoms with Crippen LogP contribution in [-0.2, 0) is 6.54 Å². The van der Waals surface area contributed by atoms with Gasteiger partial charge in [0.25, 0.3) is 0 Å². The van der Waals surface area contributed by atoms with Crippen LogP contribution in [0.5, 0.6) is 0 Å². The van der Waals surface area contributed by atoms with Crippen LogP contribution in [-0.4, -0.2) is 42.2 Å². The summed E-state index contributed by atoms with van der Waals surface area (Å²) in [4.78, 5) is 2.57. The van der Waals surface area contributed by atoms with Crippen molar-refractivity contribution in [2.75, 3.05) is 32.7 Å². The van der Waals surface area contributed by atoms with E-state index in [0.29, 0.717) is 0 Å². The zero-order chi connectivity index (χ0) is 12.9. The van der Waals surface area contributed by atoms with Crippen molar-refractivity contribution in [2.45, 2.75) is 19.4 Å². The van der Waals surface area contributed by atoms with E-state index in [9.17, 15) is 0 Å². The molecule has 19 heavy (non-hydrogen) atoms. The number of aromatic nitrogens is 1. The van der Waals surface area contributed by atoms with Crippen molar-refractivity contribution in [3.8, 4) is 0 Å². The van der Waals surface area contributed by atoms with Crippen LogP contribution in [0, 0.1) is 0 Å². The molecule has 3 rings (SSSR count). The molecule has 102 valence electrons. The molecule has 2 heterocycles. The van der Waals surface area contributed by atoms with E-state index >= 15 is 0 Å². The summed E-state index contributed by atoms with van der Waals surface area (Å²) in [6.07, 6.45) is 4.78. The zero-order valence-corrected chi connectivity index (χ0v) is 11.5. The third kappa shape index (κ3) is 3.17. The third-order valence-corrected chi connectivity index (χ3v) is 4.01. The van der Waals surface area contributed by atoms with Gasteiger partial charge >= 0.3 is 0 Å². The van der Waals surface area contributed by atoms with E-state index in [1.807, 2.05) is 0 Å². The fourth-order valence-corrected chi connectivity index (χ4v) is 2.89. The second-order valence-electron chi connectivity index (χ2n) is 5.37. The molecule has 1 N–H and O–H groups in total. The van der Waals surface area contributed by atoms with E-state index < -0.39 is 0 Å². The Morgan fingerprint density at radius 1 is 0.947 bits per heavy atom. The van der Waals surface area contributed by atoms with Gasteiger partial charge in [-0.2, -0.15) is 0 Å². The van der Waals surface area contributed by atoms with E-state index in [0.717, 1.165) is 19.6 Å². The molecule has 1 saturated heterocycles. The van der Waals surface area contributed by atoms with Gasteiger partial charge in [0.2, 0.25) is 0 Å². The lowest BCUT2D eigenvalue weighted by Gasteiger charge is -2.27. The molecule has 1 aromatic heterocycles. The van der Waals surface area contributed by atoms with Crippen LogP contribution < -0.4 is 5.32 Å². The predicted octanol–water partition coefficient (Wildman–Crippen LogP) is 2.33. The van der Waals surface area contributed by atoms with E-state index in [-0.39, 0.29) is 0 Å². The number of para-hydroxylation sites is 1. The maximum Gasteiger partial charge on any atom is 0.0480 e. The minimum Gasteiger partial charge on any atom is -0.347 e. The topological polar surface area (TPSA) is 20.2 Å². The molecule has 0 saturated carbocycles. The van der Waals surface area contributed by atoms with Gasteiger partial charge in [-0.3, -0.25) is 0 Å². The van der Waals surface area contributed by atoms with E-state index in [1.165, 1.54) is 43.4 Å². The van der Waals surface area contributed by atoms with Gasteiger partial charge in [-0.05, 0) is 36.9 Å². The lowest BCUT2D eigenvalue weighted by molar-refractivity contribution is 0.235. The molecule has 1 aliphatic heterocycles. The number of fused-ring (bicyclic) bond motifs is 1. The van der Waals surface area contributed by atoms with Gasteiger partial charge in [-0.1, -0.05) is 18.2 Å². The summed E-state index contributed by atoms with van der Waals surface area (Å²) in [5.41, 5.74) is 1.37. The first-order valence-corrected chi connectivity index (χ1v) is 7.40. The second kappa shape index (κ2) is 6.22. The fourth-order valence-electron chi connectivity index (χ4n) is 2.89. The number of nitrogens with zero attached hydrogens (tertiary/aromatic N) is 2. The van der Waals surface area contributed by atoms with Gasteiger partial charge in [0, 0.05) is 44.4 Å². The zero-order valence-electron chi connectivity index (χ0n) is 11.5. The largest absolute Gasteiger partial charge is 0.347 e. The average molecular weight is 257 g/mol. The van der Waals surface area contributed by atoms with Crippen LogP contribution in [0.15, 0.2) is 36.5 Å². The van der Waals surface area contributed by atoms with Gasteiger partial charge in [0.15, 0.2) is 0 Å². The number of benzene rings is 1. The van der Waals surface area contributed by atoms with Gasteiger partial charge in [-0.15, -0.1) is 0 Å². The Bertz CT molecular complexity index is 511. The smallest absolute Gasteiger partial charge is 0.0480 e. The molecular weight excluding hydrogens is 234 g/mol. The Morgan fingerprint density at radius 3 is 2.63 bits per heavy atom. The van der Waals surface area contributed by atoms with Crippen molar-refractivity contribution >= 4 is 10.9 Å². The summed E-state index contributed by atoms with van der Waals surface area (Å²) in [7, 11) is 0. The average Bonchev–Trinajstić information content (AvgIpc) is 2.88. The number of hydrogen-bond donors (Lipinski definition) is 1. The van der Waals surface area contributed by atoms with Crippen LogP contribution in [0.1, 0.15) is 12.8 Å². The van der Waals surface area contributed by atoms with Crippen molar-refractivity contribution < 1.29 is 0 Å². The summed E-state index contributed by atoms with van der Waals surface area (Å²) in [6.45, 7) is 7.13. The molecule has 0 spiro atoms. The Balaban J connectivity index is 1.47. The Labute approximate surface area is 115 Å². The number of nitrogens with one attached hydrogen (secondary N) is 1. The molecule has 0 aliphatic carbocycles. The maximum absolute atomic E-state index is 3.40. The summed E-state index contributed by atoms with van der Waals surface area (Å²) < 4.78 is 2.38. The molecular formula is C16H23N3. The highest BCUT2D eigenvalue weighted by atomic mass is 15.2. The molecule has 1 aromatic carbocycles. The molecule has 0 bridgehead atoms. The molecule has 1 aliphatic rings. The third-order valence-electron chi connectivity index (χ3n) is 4.01. The van der Waals surface area contributed by atoms with E-state index in [4.69, 9.17) is 0 Å².